The predicted octanol–water partition coefficient (Wildman–Crippen LogP) is 4.93. The highest BCUT2D eigenvalue weighted by Crippen LogP contribution is 2.39. The Kier molecular flexibility index (Phi) is 5.38. The van der Waals surface area contributed by atoms with Crippen LogP contribution in [0.25, 0.3) is 10.8 Å². The van der Waals surface area contributed by atoms with Crippen LogP contribution in [0.15, 0.2) is 42.5 Å². The van der Waals surface area contributed by atoms with Crippen LogP contribution in [0, 0.1) is 5.92 Å². The summed E-state index contributed by atoms with van der Waals surface area (Å²) in [6.45, 7) is 3.57. The van der Waals surface area contributed by atoms with Crippen molar-refractivity contribution in [2.24, 2.45) is 11.7 Å². The average molecular weight is 337 g/mol. The van der Waals surface area contributed by atoms with Gasteiger partial charge in [0.05, 0.1) is 0 Å². The van der Waals surface area contributed by atoms with Gasteiger partial charge in [0.15, 0.2) is 0 Å². The number of nitrogens with zero attached hydrogens (tertiary/aromatic N) is 1. The van der Waals surface area contributed by atoms with Crippen LogP contribution in [-0.4, -0.2) is 30.6 Å². The summed E-state index contributed by atoms with van der Waals surface area (Å²) in [5.74, 6) is 1.51. The van der Waals surface area contributed by atoms with Crippen molar-refractivity contribution in [3.05, 3.63) is 48.0 Å². The Labute approximate surface area is 152 Å². The molecule has 0 amide bonds. The van der Waals surface area contributed by atoms with Crippen LogP contribution in [0.1, 0.15) is 56.4 Å². The highest BCUT2D eigenvalue weighted by Gasteiger charge is 2.29. The molecule has 1 unspecified atom stereocenters. The molecule has 2 aromatic rings. The van der Waals surface area contributed by atoms with Gasteiger partial charge in [-0.3, -0.25) is 0 Å². The third kappa shape index (κ3) is 3.91. The van der Waals surface area contributed by atoms with Gasteiger partial charge in [-0.25, -0.2) is 0 Å². The molecule has 1 heterocycles. The molecule has 2 aliphatic rings. The molecule has 0 bridgehead atoms. The van der Waals surface area contributed by atoms with Crippen molar-refractivity contribution in [3.63, 3.8) is 0 Å². The Morgan fingerprint density at radius 3 is 2.40 bits per heavy atom. The first-order valence-corrected chi connectivity index (χ1v) is 10.3. The maximum atomic E-state index is 6.13. The summed E-state index contributed by atoms with van der Waals surface area (Å²) in [5.41, 5.74) is 7.71. The fourth-order valence-corrected chi connectivity index (χ4v) is 5.03. The Balaban J connectivity index is 1.64. The second-order valence-corrected chi connectivity index (χ2v) is 8.21. The third-order valence-electron chi connectivity index (χ3n) is 6.53. The monoisotopic (exact) mass is 336 g/mol. The smallest absolute Gasteiger partial charge is 0.00631 e. The fourth-order valence-electron chi connectivity index (χ4n) is 5.03. The molecule has 1 aliphatic carbocycles. The number of piperidine rings is 1. The van der Waals surface area contributed by atoms with Crippen molar-refractivity contribution in [2.75, 3.05) is 19.6 Å². The lowest BCUT2D eigenvalue weighted by Gasteiger charge is -2.38. The number of likely N-dealkylation sites (tertiary alicyclic amines) is 1. The van der Waals surface area contributed by atoms with Crippen molar-refractivity contribution in [1.29, 1.82) is 0 Å². The molecular formula is C23H32N2. The summed E-state index contributed by atoms with van der Waals surface area (Å²) < 4.78 is 0. The summed E-state index contributed by atoms with van der Waals surface area (Å²) in [7, 11) is 0. The lowest BCUT2D eigenvalue weighted by molar-refractivity contribution is 0.171. The molecule has 0 spiro atoms. The molecule has 134 valence electrons. The molecule has 1 saturated heterocycles. The van der Waals surface area contributed by atoms with E-state index in [9.17, 15) is 0 Å². The van der Waals surface area contributed by atoms with Crippen molar-refractivity contribution in [1.82, 2.24) is 4.90 Å². The first kappa shape index (κ1) is 17.1. The summed E-state index contributed by atoms with van der Waals surface area (Å²) >= 11 is 0. The topological polar surface area (TPSA) is 29.3 Å². The average Bonchev–Trinajstić information content (AvgIpc) is 2.68. The van der Waals surface area contributed by atoms with E-state index in [1.54, 1.807) is 5.56 Å². The molecule has 2 fully saturated rings. The third-order valence-corrected chi connectivity index (χ3v) is 6.53. The number of hydrogen-bond donors (Lipinski definition) is 1. The van der Waals surface area contributed by atoms with Gasteiger partial charge >= 0.3 is 0 Å². The molecule has 2 aromatic carbocycles. The SMILES string of the molecule is NC1CCN(CC(c2cccc3ccccc23)C2CCCCC2)CC1. The minimum absolute atomic E-state index is 0.418. The van der Waals surface area contributed by atoms with Gasteiger partial charge in [0, 0.05) is 18.5 Å². The number of rotatable bonds is 4. The summed E-state index contributed by atoms with van der Waals surface area (Å²) in [6, 6.07) is 16.3. The van der Waals surface area contributed by atoms with E-state index < -0.39 is 0 Å². The van der Waals surface area contributed by atoms with Gasteiger partial charge in [-0.05, 0) is 61.0 Å². The van der Waals surface area contributed by atoms with E-state index in [1.807, 2.05) is 0 Å². The van der Waals surface area contributed by atoms with Crippen LogP contribution < -0.4 is 5.73 Å². The highest BCUT2D eigenvalue weighted by molar-refractivity contribution is 5.86. The van der Waals surface area contributed by atoms with E-state index in [-0.39, 0.29) is 0 Å². The van der Waals surface area contributed by atoms with Crippen LogP contribution in [0.5, 0.6) is 0 Å². The summed E-state index contributed by atoms with van der Waals surface area (Å²) in [5, 5.41) is 2.86. The van der Waals surface area contributed by atoms with E-state index in [0.29, 0.717) is 12.0 Å². The van der Waals surface area contributed by atoms with Crippen LogP contribution >= 0.6 is 0 Å². The van der Waals surface area contributed by atoms with Crippen molar-refractivity contribution in [3.8, 4) is 0 Å². The minimum Gasteiger partial charge on any atom is -0.328 e. The van der Waals surface area contributed by atoms with Gasteiger partial charge in [0.25, 0.3) is 0 Å². The maximum absolute atomic E-state index is 6.13. The van der Waals surface area contributed by atoms with Gasteiger partial charge in [-0.2, -0.15) is 0 Å². The second kappa shape index (κ2) is 7.88. The number of hydrogen-bond acceptors (Lipinski definition) is 2. The minimum atomic E-state index is 0.418. The maximum Gasteiger partial charge on any atom is 0.00631 e. The Hall–Kier alpha value is -1.38. The molecule has 0 aromatic heterocycles. The van der Waals surface area contributed by atoms with Crippen molar-refractivity contribution >= 4 is 10.8 Å². The van der Waals surface area contributed by atoms with Gasteiger partial charge < -0.3 is 10.6 Å². The zero-order chi connectivity index (χ0) is 17.1. The Morgan fingerprint density at radius 1 is 0.880 bits per heavy atom. The second-order valence-electron chi connectivity index (χ2n) is 8.21. The van der Waals surface area contributed by atoms with E-state index in [4.69, 9.17) is 5.73 Å². The zero-order valence-corrected chi connectivity index (χ0v) is 15.4. The molecule has 4 rings (SSSR count). The zero-order valence-electron chi connectivity index (χ0n) is 15.4. The quantitative estimate of drug-likeness (QED) is 0.858. The molecule has 2 nitrogen and oxygen atoms in total. The predicted molar refractivity (Wildman–Crippen MR) is 107 cm³/mol. The lowest BCUT2D eigenvalue weighted by Crippen LogP contribution is -2.42. The van der Waals surface area contributed by atoms with Gasteiger partial charge in [0.1, 0.15) is 0 Å². The van der Waals surface area contributed by atoms with Crippen LogP contribution in [0.4, 0.5) is 0 Å². The van der Waals surface area contributed by atoms with Crippen LogP contribution in [-0.2, 0) is 0 Å². The molecule has 2 heteroatoms. The van der Waals surface area contributed by atoms with Gasteiger partial charge in [-0.1, -0.05) is 61.7 Å². The standard InChI is InChI=1S/C23H32N2/c24-20-13-15-25(16-14-20)17-23(19-7-2-1-3-8-19)22-12-6-10-18-9-4-5-11-21(18)22/h4-6,9-12,19-20,23H,1-3,7-8,13-17,24H2. The summed E-state index contributed by atoms with van der Waals surface area (Å²) in [6.07, 6.45) is 9.38. The van der Waals surface area contributed by atoms with Gasteiger partial charge in [-0.15, -0.1) is 0 Å². The fraction of sp³-hybridized carbons (Fsp3) is 0.565. The first-order valence-electron chi connectivity index (χ1n) is 10.3. The highest BCUT2D eigenvalue weighted by atomic mass is 15.1. The molecule has 1 atom stereocenters. The van der Waals surface area contributed by atoms with Crippen LogP contribution in [0.2, 0.25) is 0 Å². The Morgan fingerprint density at radius 2 is 1.60 bits per heavy atom. The van der Waals surface area contributed by atoms with E-state index >= 15 is 0 Å². The lowest BCUT2D eigenvalue weighted by atomic mass is 9.75. The molecule has 25 heavy (non-hydrogen) atoms. The van der Waals surface area contributed by atoms with Crippen molar-refractivity contribution < 1.29 is 0 Å². The number of nitrogens with two attached hydrogens (primary N) is 1. The van der Waals surface area contributed by atoms with Crippen molar-refractivity contribution in [2.45, 2.75) is 56.9 Å². The molecular weight excluding hydrogens is 304 g/mol. The molecule has 0 radical (unpaired) electrons. The normalized spacial score (nSPS) is 22.3. The van der Waals surface area contributed by atoms with Gasteiger partial charge in [0.2, 0.25) is 0 Å². The largest absolute Gasteiger partial charge is 0.328 e. The van der Waals surface area contributed by atoms with E-state index in [1.165, 1.54) is 62.5 Å². The van der Waals surface area contributed by atoms with Crippen LogP contribution in [0.3, 0.4) is 0 Å². The summed E-state index contributed by atoms with van der Waals surface area (Å²) in [4.78, 5) is 2.68. The Bertz CT molecular complexity index is 676. The molecule has 1 aliphatic heterocycles. The molecule has 2 N–H and O–H groups in total. The van der Waals surface area contributed by atoms with E-state index in [2.05, 4.69) is 47.4 Å². The van der Waals surface area contributed by atoms with E-state index in [0.717, 1.165) is 18.8 Å². The number of fused-ring (bicyclic) bond motifs is 1. The first-order chi connectivity index (χ1) is 12.3. The number of benzene rings is 2. The molecule has 1 saturated carbocycles.